The first-order chi connectivity index (χ1) is 10.4. The van der Waals surface area contributed by atoms with Gasteiger partial charge in [-0.15, -0.1) is 0 Å². The van der Waals surface area contributed by atoms with E-state index in [1.54, 1.807) is 0 Å². The van der Waals surface area contributed by atoms with Crippen LogP contribution in [0.5, 0.6) is 0 Å². The van der Waals surface area contributed by atoms with Gasteiger partial charge in [-0.2, -0.15) is 0 Å². The number of hydrogen-bond donors (Lipinski definition) is 4. The number of rotatable bonds is 3. The van der Waals surface area contributed by atoms with E-state index in [1.165, 1.54) is 0 Å². The molecule has 1 aromatic rings. The molecule has 0 spiro atoms. The molecule has 21 heavy (non-hydrogen) atoms. The molecule has 118 valence electrons. The second-order valence-electron chi connectivity index (χ2n) is 5.48. The minimum absolute atomic E-state index is 0.416. The number of benzene rings is 1. The molecule has 1 heterocycles. The SMILES string of the molecule is O[C@H](CN1CCNCCNCCNCC1)c1ccccc1. The van der Waals surface area contributed by atoms with E-state index in [2.05, 4.69) is 20.9 Å². The number of nitrogens with zero attached hydrogens (tertiary/aromatic N) is 1. The minimum atomic E-state index is -0.416. The first-order valence-electron chi connectivity index (χ1n) is 7.94. The summed E-state index contributed by atoms with van der Waals surface area (Å²) in [5, 5.41) is 20.6. The van der Waals surface area contributed by atoms with Crippen LogP contribution in [0.25, 0.3) is 0 Å². The molecule has 0 saturated carbocycles. The Morgan fingerprint density at radius 3 is 1.95 bits per heavy atom. The molecule has 0 amide bonds. The van der Waals surface area contributed by atoms with Crippen molar-refractivity contribution in [3.05, 3.63) is 35.9 Å². The summed E-state index contributed by atoms with van der Waals surface area (Å²) in [6.45, 7) is 8.54. The van der Waals surface area contributed by atoms with Gasteiger partial charge in [-0.3, -0.25) is 4.90 Å². The second-order valence-corrected chi connectivity index (χ2v) is 5.48. The molecule has 0 aliphatic carbocycles. The molecule has 1 aromatic carbocycles. The highest BCUT2D eigenvalue weighted by molar-refractivity contribution is 5.17. The van der Waals surface area contributed by atoms with Gasteiger partial charge in [-0.05, 0) is 5.56 Å². The standard InChI is InChI=1S/C16H28N4O/c21-16(15-4-2-1-3-5-15)14-20-12-10-18-8-6-17-7-9-19-11-13-20/h1-5,16-19,21H,6-14H2/t16-/m1/s1. The Hall–Kier alpha value is -0.980. The highest BCUT2D eigenvalue weighted by atomic mass is 16.3. The van der Waals surface area contributed by atoms with Crippen LogP contribution in [0.15, 0.2) is 30.3 Å². The Kier molecular flexibility index (Phi) is 7.70. The number of aliphatic hydroxyl groups is 1. The van der Waals surface area contributed by atoms with Crippen LogP contribution in [-0.4, -0.2) is 68.9 Å². The van der Waals surface area contributed by atoms with E-state index in [4.69, 9.17) is 0 Å². The molecule has 1 saturated heterocycles. The van der Waals surface area contributed by atoms with Gasteiger partial charge < -0.3 is 21.1 Å². The van der Waals surface area contributed by atoms with Crippen LogP contribution in [0.3, 0.4) is 0 Å². The maximum absolute atomic E-state index is 10.4. The second kappa shape index (κ2) is 9.87. The van der Waals surface area contributed by atoms with E-state index in [1.807, 2.05) is 30.3 Å². The van der Waals surface area contributed by atoms with Crippen LogP contribution in [0.1, 0.15) is 11.7 Å². The van der Waals surface area contributed by atoms with Crippen molar-refractivity contribution in [3.8, 4) is 0 Å². The molecule has 0 unspecified atom stereocenters. The summed E-state index contributed by atoms with van der Waals surface area (Å²) < 4.78 is 0. The van der Waals surface area contributed by atoms with Gasteiger partial charge in [0.15, 0.2) is 0 Å². The first kappa shape index (κ1) is 16.4. The third-order valence-electron chi connectivity index (χ3n) is 3.78. The molecular formula is C16H28N4O. The quantitative estimate of drug-likeness (QED) is 0.622. The van der Waals surface area contributed by atoms with Crippen LogP contribution in [0.2, 0.25) is 0 Å². The average molecular weight is 292 g/mol. The zero-order valence-electron chi connectivity index (χ0n) is 12.7. The first-order valence-corrected chi connectivity index (χ1v) is 7.94. The van der Waals surface area contributed by atoms with Crippen molar-refractivity contribution < 1.29 is 5.11 Å². The zero-order chi connectivity index (χ0) is 14.8. The van der Waals surface area contributed by atoms with Gasteiger partial charge in [0.1, 0.15) is 0 Å². The highest BCUT2D eigenvalue weighted by Gasteiger charge is 2.13. The summed E-state index contributed by atoms with van der Waals surface area (Å²) in [5.41, 5.74) is 0.994. The molecule has 1 aliphatic heterocycles. The fourth-order valence-electron chi connectivity index (χ4n) is 2.52. The van der Waals surface area contributed by atoms with Gasteiger partial charge in [0.25, 0.3) is 0 Å². The summed E-state index contributed by atoms with van der Waals surface area (Å²) in [7, 11) is 0. The average Bonchev–Trinajstić information content (AvgIpc) is 2.51. The third-order valence-corrected chi connectivity index (χ3v) is 3.78. The van der Waals surface area contributed by atoms with E-state index in [0.29, 0.717) is 6.54 Å². The Labute approximate surface area is 127 Å². The van der Waals surface area contributed by atoms with Crippen molar-refractivity contribution in [3.63, 3.8) is 0 Å². The monoisotopic (exact) mass is 292 g/mol. The van der Waals surface area contributed by atoms with Crippen molar-refractivity contribution in [2.24, 2.45) is 0 Å². The lowest BCUT2D eigenvalue weighted by atomic mass is 10.1. The molecule has 0 aromatic heterocycles. The van der Waals surface area contributed by atoms with Gasteiger partial charge in [-0.25, -0.2) is 0 Å². The lowest BCUT2D eigenvalue weighted by Gasteiger charge is -2.26. The lowest BCUT2D eigenvalue weighted by molar-refractivity contribution is 0.113. The van der Waals surface area contributed by atoms with Crippen molar-refractivity contribution in [2.75, 3.05) is 58.9 Å². The predicted octanol–water partition coefficient (Wildman–Crippen LogP) is -0.196. The molecule has 1 fully saturated rings. The summed E-state index contributed by atoms with van der Waals surface area (Å²) in [4.78, 5) is 2.33. The molecule has 5 nitrogen and oxygen atoms in total. The fourth-order valence-corrected chi connectivity index (χ4v) is 2.52. The van der Waals surface area contributed by atoms with Gasteiger partial charge in [0, 0.05) is 58.9 Å². The Balaban J connectivity index is 1.82. The Morgan fingerprint density at radius 1 is 0.857 bits per heavy atom. The molecule has 0 bridgehead atoms. The van der Waals surface area contributed by atoms with Crippen molar-refractivity contribution >= 4 is 0 Å². The number of aliphatic hydroxyl groups excluding tert-OH is 1. The summed E-state index contributed by atoms with van der Waals surface area (Å²) in [5.74, 6) is 0. The van der Waals surface area contributed by atoms with Crippen molar-refractivity contribution in [1.82, 2.24) is 20.9 Å². The zero-order valence-corrected chi connectivity index (χ0v) is 12.7. The van der Waals surface area contributed by atoms with Crippen LogP contribution in [0, 0.1) is 0 Å². The van der Waals surface area contributed by atoms with Crippen LogP contribution in [-0.2, 0) is 0 Å². The van der Waals surface area contributed by atoms with Gasteiger partial charge in [-0.1, -0.05) is 30.3 Å². The topological polar surface area (TPSA) is 59.6 Å². The summed E-state index contributed by atoms with van der Waals surface area (Å²) in [6.07, 6.45) is -0.416. The largest absolute Gasteiger partial charge is 0.387 e. The van der Waals surface area contributed by atoms with Gasteiger partial charge in [0.05, 0.1) is 6.10 Å². The normalized spacial score (nSPS) is 21.2. The predicted molar refractivity (Wildman–Crippen MR) is 86.5 cm³/mol. The smallest absolute Gasteiger partial charge is 0.0916 e. The summed E-state index contributed by atoms with van der Waals surface area (Å²) >= 11 is 0. The van der Waals surface area contributed by atoms with Gasteiger partial charge in [0.2, 0.25) is 0 Å². The van der Waals surface area contributed by atoms with Crippen molar-refractivity contribution in [2.45, 2.75) is 6.10 Å². The maximum atomic E-state index is 10.4. The number of β-amino-alcohol motifs (C(OH)–C–C–N with tert-alkyl or cyclic N) is 1. The highest BCUT2D eigenvalue weighted by Crippen LogP contribution is 2.13. The molecule has 4 N–H and O–H groups in total. The van der Waals surface area contributed by atoms with Crippen LogP contribution < -0.4 is 16.0 Å². The third kappa shape index (κ3) is 6.54. The number of hydrogen-bond acceptors (Lipinski definition) is 5. The van der Waals surface area contributed by atoms with E-state index in [-0.39, 0.29) is 0 Å². The minimum Gasteiger partial charge on any atom is -0.387 e. The number of nitrogens with one attached hydrogen (secondary N) is 3. The van der Waals surface area contributed by atoms with E-state index in [9.17, 15) is 5.11 Å². The van der Waals surface area contributed by atoms with E-state index < -0.39 is 6.10 Å². The van der Waals surface area contributed by atoms with Crippen LogP contribution >= 0.6 is 0 Å². The fraction of sp³-hybridized carbons (Fsp3) is 0.625. The Morgan fingerprint density at radius 2 is 1.38 bits per heavy atom. The van der Waals surface area contributed by atoms with Crippen LogP contribution in [0.4, 0.5) is 0 Å². The molecule has 1 aliphatic rings. The maximum Gasteiger partial charge on any atom is 0.0916 e. The molecule has 0 radical (unpaired) electrons. The summed E-state index contributed by atoms with van der Waals surface area (Å²) in [6, 6.07) is 9.91. The van der Waals surface area contributed by atoms with E-state index >= 15 is 0 Å². The van der Waals surface area contributed by atoms with Gasteiger partial charge >= 0.3 is 0 Å². The lowest BCUT2D eigenvalue weighted by Crippen LogP contribution is -2.43. The molecule has 2 rings (SSSR count). The van der Waals surface area contributed by atoms with Crippen molar-refractivity contribution in [1.29, 1.82) is 0 Å². The molecular weight excluding hydrogens is 264 g/mol. The molecule has 5 heteroatoms. The molecule has 1 atom stereocenters. The van der Waals surface area contributed by atoms with E-state index in [0.717, 1.165) is 57.9 Å². The Bertz CT molecular complexity index is 362.